The van der Waals surface area contributed by atoms with E-state index >= 15 is 0 Å². The van der Waals surface area contributed by atoms with Crippen LogP contribution in [-0.2, 0) is 10.9 Å². The van der Waals surface area contributed by atoms with Crippen LogP contribution in [0.25, 0.3) is 16.8 Å². The van der Waals surface area contributed by atoms with Crippen LogP contribution < -0.4 is 5.56 Å². The van der Waals surface area contributed by atoms with Gasteiger partial charge in [0.2, 0.25) is 0 Å². The number of carbonyl (C=O) groups is 1. The summed E-state index contributed by atoms with van der Waals surface area (Å²) in [6.45, 7) is 1.20. The van der Waals surface area contributed by atoms with E-state index in [1.807, 2.05) is 0 Å². The van der Waals surface area contributed by atoms with Crippen molar-refractivity contribution in [3.05, 3.63) is 68.7 Å². The molecule has 4 rings (SSSR count). The van der Waals surface area contributed by atoms with Crippen molar-refractivity contribution >= 4 is 27.5 Å². The van der Waals surface area contributed by atoms with Gasteiger partial charge in [-0.3, -0.25) is 14.0 Å². The number of hydrogen-bond acceptors (Lipinski definition) is 4. The summed E-state index contributed by atoms with van der Waals surface area (Å²) < 4.78 is 45.8. The van der Waals surface area contributed by atoms with Crippen molar-refractivity contribution in [2.75, 3.05) is 20.2 Å². The van der Waals surface area contributed by atoms with Crippen molar-refractivity contribution in [2.45, 2.75) is 25.1 Å². The Labute approximate surface area is 189 Å². The van der Waals surface area contributed by atoms with Gasteiger partial charge in [0.25, 0.3) is 11.5 Å². The van der Waals surface area contributed by atoms with Crippen LogP contribution in [0.3, 0.4) is 0 Å². The molecule has 1 saturated heterocycles. The Bertz CT molecular complexity index is 1220. The molecule has 0 spiro atoms. The maximum Gasteiger partial charge on any atom is 0.434 e. The van der Waals surface area contributed by atoms with E-state index in [-0.39, 0.29) is 17.7 Å². The number of fused-ring (bicyclic) bond motifs is 1. The molecular formula is C22H19BrF3N3O3. The number of rotatable bonds is 3. The average Bonchev–Trinajstić information content (AvgIpc) is 2.80. The Kier molecular flexibility index (Phi) is 6.09. The number of methoxy groups -OCH3 is 1. The molecule has 1 aliphatic heterocycles. The van der Waals surface area contributed by atoms with Crippen molar-refractivity contribution < 1.29 is 22.7 Å². The lowest BCUT2D eigenvalue weighted by atomic mass is 10.0. The summed E-state index contributed by atoms with van der Waals surface area (Å²) in [5.41, 5.74) is -0.873. The number of hydrogen-bond donors (Lipinski definition) is 0. The molecule has 1 aliphatic rings. The van der Waals surface area contributed by atoms with Crippen molar-refractivity contribution in [1.29, 1.82) is 0 Å². The highest BCUT2D eigenvalue weighted by Gasteiger charge is 2.37. The molecule has 0 N–H and O–H groups in total. The molecule has 0 aliphatic carbocycles. The molecular weight excluding hydrogens is 491 g/mol. The van der Waals surface area contributed by atoms with E-state index in [4.69, 9.17) is 4.74 Å². The van der Waals surface area contributed by atoms with E-state index in [1.165, 1.54) is 6.20 Å². The summed E-state index contributed by atoms with van der Waals surface area (Å²) >= 11 is 2.72. The molecule has 0 atom stereocenters. The highest BCUT2D eigenvalue weighted by molar-refractivity contribution is 9.10. The number of carbonyl (C=O) groups excluding carboxylic acids is 1. The summed E-state index contributed by atoms with van der Waals surface area (Å²) in [5.74, 6) is -0.110. The lowest BCUT2D eigenvalue weighted by Crippen LogP contribution is -2.40. The summed E-state index contributed by atoms with van der Waals surface area (Å²) in [6.07, 6.45) is -1.72. The van der Waals surface area contributed by atoms with Gasteiger partial charge in [0.15, 0.2) is 5.69 Å². The number of likely N-dealkylation sites (tertiary alicyclic amines) is 1. The lowest BCUT2D eigenvalue weighted by molar-refractivity contribution is -0.141. The lowest BCUT2D eigenvalue weighted by Gasteiger charge is -2.31. The third kappa shape index (κ3) is 4.16. The van der Waals surface area contributed by atoms with Gasteiger partial charge in [-0.05, 0) is 58.6 Å². The molecule has 1 fully saturated rings. The second-order valence-electron chi connectivity index (χ2n) is 7.50. The van der Waals surface area contributed by atoms with Crippen LogP contribution in [0.4, 0.5) is 13.2 Å². The van der Waals surface area contributed by atoms with E-state index in [0.29, 0.717) is 29.8 Å². The zero-order valence-corrected chi connectivity index (χ0v) is 18.6. The SMILES string of the molecule is COC1CCN(C(=O)c2ccc(-c3cccn4c(=O)c(Br)c(C(F)(F)F)nc34)cc2)CC1. The molecule has 1 amide bonds. The minimum Gasteiger partial charge on any atom is -0.381 e. The average molecular weight is 510 g/mol. The van der Waals surface area contributed by atoms with Gasteiger partial charge >= 0.3 is 6.18 Å². The third-order valence-electron chi connectivity index (χ3n) is 5.57. The standard InChI is InChI=1S/C22H19BrF3N3O3/c1-32-15-8-11-28(12-9-15)20(30)14-6-4-13(5-7-14)16-3-2-10-29-19(16)27-18(22(24,25)26)17(23)21(29)31/h2-7,10,15H,8-9,11-12H2,1H3. The van der Waals surface area contributed by atoms with Crippen molar-refractivity contribution in [2.24, 2.45) is 0 Å². The Morgan fingerprint density at radius 3 is 2.41 bits per heavy atom. The molecule has 1 aromatic carbocycles. The second kappa shape index (κ2) is 8.67. The normalized spacial score (nSPS) is 15.3. The first-order valence-electron chi connectivity index (χ1n) is 9.91. The topological polar surface area (TPSA) is 63.9 Å². The Hall–Kier alpha value is -2.72. The number of halogens is 4. The maximum atomic E-state index is 13.4. The largest absolute Gasteiger partial charge is 0.434 e. The van der Waals surface area contributed by atoms with E-state index < -0.39 is 21.9 Å². The predicted molar refractivity (Wildman–Crippen MR) is 116 cm³/mol. The van der Waals surface area contributed by atoms with Crippen LogP contribution in [0.5, 0.6) is 0 Å². The van der Waals surface area contributed by atoms with E-state index in [0.717, 1.165) is 17.2 Å². The van der Waals surface area contributed by atoms with E-state index in [9.17, 15) is 22.8 Å². The maximum absolute atomic E-state index is 13.4. The van der Waals surface area contributed by atoms with Gasteiger partial charge in [-0.1, -0.05) is 12.1 Å². The van der Waals surface area contributed by atoms with E-state index in [2.05, 4.69) is 20.9 Å². The number of pyridine rings is 1. The first kappa shape index (κ1) is 22.5. The number of piperidine rings is 1. The van der Waals surface area contributed by atoms with Gasteiger partial charge in [0, 0.05) is 37.5 Å². The van der Waals surface area contributed by atoms with Crippen LogP contribution in [0.15, 0.2) is 51.9 Å². The first-order chi connectivity index (χ1) is 15.2. The van der Waals surface area contributed by atoms with Gasteiger partial charge < -0.3 is 9.64 Å². The highest BCUT2D eigenvalue weighted by Crippen LogP contribution is 2.33. The van der Waals surface area contributed by atoms with Gasteiger partial charge in [-0.15, -0.1) is 0 Å². The molecule has 0 bridgehead atoms. The number of aromatic nitrogens is 2. The molecule has 2 aromatic heterocycles. The molecule has 6 nitrogen and oxygen atoms in total. The number of ether oxygens (including phenoxy) is 1. The summed E-state index contributed by atoms with van der Waals surface area (Å²) in [6, 6.07) is 9.70. The number of amides is 1. The van der Waals surface area contributed by atoms with E-state index in [1.54, 1.807) is 48.4 Å². The molecule has 3 heterocycles. The van der Waals surface area contributed by atoms with Crippen LogP contribution in [-0.4, -0.2) is 46.5 Å². The van der Waals surface area contributed by atoms with Crippen LogP contribution >= 0.6 is 15.9 Å². The number of alkyl halides is 3. The van der Waals surface area contributed by atoms with Gasteiger partial charge in [0.1, 0.15) is 10.1 Å². The predicted octanol–water partition coefficient (Wildman–Crippen LogP) is 4.39. The Morgan fingerprint density at radius 1 is 1.16 bits per heavy atom. The van der Waals surface area contributed by atoms with Gasteiger partial charge in [-0.25, -0.2) is 4.98 Å². The van der Waals surface area contributed by atoms with Crippen molar-refractivity contribution in [3.8, 4) is 11.1 Å². The van der Waals surface area contributed by atoms with Crippen LogP contribution in [0.1, 0.15) is 28.9 Å². The fraction of sp³-hybridized carbons (Fsp3) is 0.318. The first-order valence-corrected chi connectivity index (χ1v) is 10.7. The Morgan fingerprint density at radius 2 is 1.81 bits per heavy atom. The molecule has 3 aromatic rings. The summed E-state index contributed by atoms with van der Waals surface area (Å²) in [7, 11) is 1.66. The second-order valence-corrected chi connectivity index (χ2v) is 8.29. The zero-order chi connectivity index (χ0) is 23.0. The molecule has 10 heteroatoms. The number of nitrogens with zero attached hydrogens (tertiary/aromatic N) is 3. The van der Waals surface area contributed by atoms with Crippen LogP contribution in [0.2, 0.25) is 0 Å². The van der Waals surface area contributed by atoms with Crippen molar-refractivity contribution in [1.82, 2.24) is 14.3 Å². The molecule has 0 radical (unpaired) electrons. The fourth-order valence-corrected chi connectivity index (χ4v) is 4.33. The van der Waals surface area contributed by atoms with Gasteiger partial charge in [-0.2, -0.15) is 13.2 Å². The Balaban J connectivity index is 1.69. The van der Waals surface area contributed by atoms with Gasteiger partial charge in [0.05, 0.1) is 6.10 Å². The molecule has 0 unspecified atom stereocenters. The quantitative estimate of drug-likeness (QED) is 0.525. The number of benzene rings is 1. The highest BCUT2D eigenvalue weighted by atomic mass is 79.9. The molecule has 0 saturated carbocycles. The van der Waals surface area contributed by atoms with Crippen molar-refractivity contribution in [3.63, 3.8) is 0 Å². The minimum atomic E-state index is -4.79. The minimum absolute atomic E-state index is 0.110. The summed E-state index contributed by atoms with van der Waals surface area (Å²) in [4.78, 5) is 30.7. The zero-order valence-electron chi connectivity index (χ0n) is 17.0. The smallest absolute Gasteiger partial charge is 0.381 e. The van der Waals surface area contributed by atoms with Crippen LogP contribution in [0, 0.1) is 0 Å². The summed E-state index contributed by atoms with van der Waals surface area (Å²) in [5, 5.41) is 0. The monoisotopic (exact) mass is 509 g/mol. The molecule has 32 heavy (non-hydrogen) atoms. The fourth-order valence-electron chi connectivity index (χ4n) is 3.82. The third-order valence-corrected chi connectivity index (χ3v) is 6.29. The molecule has 168 valence electrons.